The molecule has 0 saturated heterocycles. The fourth-order valence-corrected chi connectivity index (χ4v) is 6.51. The van der Waals surface area contributed by atoms with E-state index in [4.69, 9.17) is 18.9 Å². The van der Waals surface area contributed by atoms with E-state index in [0.29, 0.717) is 88.6 Å². The quantitative estimate of drug-likeness (QED) is 0.0345. The van der Waals surface area contributed by atoms with E-state index in [1.807, 2.05) is 0 Å². The van der Waals surface area contributed by atoms with E-state index in [0.717, 1.165) is 89.9 Å². The summed E-state index contributed by atoms with van der Waals surface area (Å²) in [6, 6.07) is 0. The van der Waals surface area contributed by atoms with Crippen molar-refractivity contribution >= 4 is 23.9 Å². The fraction of sp³-hybridized carbons (Fsp3) is 0.917. The number of rotatable bonds is 38. The summed E-state index contributed by atoms with van der Waals surface area (Å²) in [4.78, 5) is 47.3. The molecule has 0 aliphatic heterocycles. The van der Waals surface area contributed by atoms with Gasteiger partial charge in [0, 0.05) is 25.7 Å². The second-order valence-electron chi connectivity index (χ2n) is 16.2. The molecule has 0 heterocycles. The zero-order valence-electron chi connectivity index (χ0n) is 38.2. The van der Waals surface area contributed by atoms with Gasteiger partial charge >= 0.3 is 23.9 Å². The van der Waals surface area contributed by atoms with Gasteiger partial charge in [0.25, 0.3) is 0 Å². The van der Waals surface area contributed by atoms with Crippen molar-refractivity contribution < 1.29 is 38.1 Å². The highest BCUT2D eigenvalue weighted by Gasteiger charge is 2.14. The second-order valence-corrected chi connectivity index (χ2v) is 16.2. The lowest BCUT2D eigenvalue weighted by Crippen LogP contribution is -2.15. The lowest BCUT2D eigenvalue weighted by atomic mass is 10.0. The number of ether oxygens (including phenoxy) is 4. The first-order valence-corrected chi connectivity index (χ1v) is 23.8. The van der Waals surface area contributed by atoms with Crippen LogP contribution in [0.4, 0.5) is 0 Å². The number of esters is 4. The van der Waals surface area contributed by atoms with Crippen LogP contribution in [0.3, 0.4) is 0 Å². The van der Waals surface area contributed by atoms with Crippen LogP contribution in [0, 0.1) is 23.7 Å². The van der Waals surface area contributed by atoms with Gasteiger partial charge in [-0.05, 0) is 75.0 Å². The third kappa shape index (κ3) is 37.5. The average Bonchev–Trinajstić information content (AvgIpc) is 3.21. The van der Waals surface area contributed by atoms with E-state index in [1.165, 1.54) is 51.4 Å². The molecule has 0 radical (unpaired) electrons. The fourth-order valence-electron chi connectivity index (χ4n) is 6.51. The monoisotopic (exact) mass is 797 g/mol. The predicted molar refractivity (Wildman–Crippen MR) is 232 cm³/mol. The Hall–Kier alpha value is -2.12. The van der Waals surface area contributed by atoms with Crippen molar-refractivity contribution in [3.05, 3.63) is 0 Å². The van der Waals surface area contributed by atoms with E-state index in [-0.39, 0.29) is 23.9 Å². The summed E-state index contributed by atoms with van der Waals surface area (Å²) in [5.74, 6) is 1.63. The standard InChI is InChI=1S/C26H50O4.C22H42O4/c1-5-9-17-23(7-3)21-29-25(27)19-15-13-11-12-14-16-20-26(28)30-22-24(8-4)18-10-6-2;1-5-9-13-19(7-3)17-25-21(23)15-11-12-16-22(24)26-18-20(8-4)14-10-6-2/h23-24H,5-22H2,1-4H3;19-20H,5-18H2,1-4H3. The van der Waals surface area contributed by atoms with Crippen LogP contribution in [0.25, 0.3) is 0 Å². The Morgan fingerprint density at radius 1 is 0.304 bits per heavy atom. The number of hydrogen-bond acceptors (Lipinski definition) is 8. The topological polar surface area (TPSA) is 105 Å². The molecular formula is C48H92O8. The van der Waals surface area contributed by atoms with E-state index < -0.39 is 0 Å². The van der Waals surface area contributed by atoms with Gasteiger partial charge in [0.15, 0.2) is 0 Å². The summed E-state index contributed by atoms with van der Waals surface area (Å²) in [6.07, 6.45) is 27.8. The SMILES string of the molecule is CCCCC(CC)COC(=O)CCCCC(=O)OCC(CC)CCCC.CCCCC(CC)COC(=O)CCCCCCCCC(=O)OCC(CC)CCCC. The Morgan fingerprint density at radius 2 is 0.500 bits per heavy atom. The van der Waals surface area contributed by atoms with Crippen LogP contribution in [0.5, 0.6) is 0 Å². The number of carbonyl (C=O) groups is 4. The molecule has 56 heavy (non-hydrogen) atoms. The summed E-state index contributed by atoms with van der Waals surface area (Å²) in [5.41, 5.74) is 0. The molecule has 0 amide bonds. The minimum atomic E-state index is -0.140. The summed E-state index contributed by atoms with van der Waals surface area (Å²) in [6.45, 7) is 19.6. The molecule has 0 bridgehead atoms. The summed E-state index contributed by atoms with van der Waals surface area (Å²) >= 11 is 0. The number of hydrogen-bond donors (Lipinski definition) is 0. The van der Waals surface area contributed by atoms with Crippen LogP contribution in [0.1, 0.15) is 235 Å². The second kappa shape index (κ2) is 42.5. The van der Waals surface area contributed by atoms with Crippen LogP contribution in [-0.2, 0) is 38.1 Å². The van der Waals surface area contributed by atoms with Gasteiger partial charge < -0.3 is 18.9 Å². The predicted octanol–water partition coefficient (Wildman–Crippen LogP) is 13.7. The summed E-state index contributed by atoms with van der Waals surface area (Å²) < 4.78 is 21.6. The van der Waals surface area contributed by atoms with E-state index >= 15 is 0 Å². The molecule has 0 rings (SSSR count). The Kier molecular flexibility index (Phi) is 42.5. The number of carbonyl (C=O) groups excluding carboxylic acids is 4. The minimum Gasteiger partial charge on any atom is -0.465 e. The lowest BCUT2D eigenvalue weighted by Gasteiger charge is -2.15. The zero-order valence-corrected chi connectivity index (χ0v) is 38.2. The highest BCUT2D eigenvalue weighted by Crippen LogP contribution is 2.17. The molecule has 0 aromatic carbocycles. The van der Waals surface area contributed by atoms with Gasteiger partial charge in [-0.2, -0.15) is 0 Å². The third-order valence-corrected chi connectivity index (χ3v) is 11.1. The molecule has 4 unspecified atom stereocenters. The molecule has 0 aromatic rings. The summed E-state index contributed by atoms with van der Waals surface area (Å²) in [7, 11) is 0. The largest absolute Gasteiger partial charge is 0.465 e. The molecular weight excluding hydrogens is 705 g/mol. The molecule has 8 heteroatoms. The van der Waals surface area contributed by atoms with Crippen LogP contribution < -0.4 is 0 Å². The molecule has 0 aliphatic rings. The third-order valence-electron chi connectivity index (χ3n) is 11.1. The summed E-state index contributed by atoms with van der Waals surface area (Å²) in [5, 5.41) is 0. The molecule has 0 spiro atoms. The van der Waals surface area contributed by atoms with E-state index in [9.17, 15) is 19.2 Å². The molecule has 0 N–H and O–H groups in total. The number of unbranched alkanes of at least 4 members (excludes halogenated alkanes) is 10. The maximum atomic E-state index is 11.9. The first kappa shape index (κ1) is 56.0. The molecule has 0 fully saturated rings. The van der Waals surface area contributed by atoms with Gasteiger partial charge in [0.1, 0.15) is 0 Å². The Balaban J connectivity index is 0. The first-order valence-electron chi connectivity index (χ1n) is 23.8. The normalized spacial score (nSPS) is 13.1. The van der Waals surface area contributed by atoms with Crippen LogP contribution in [0.15, 0.2) is 0 Å². The Bertz CT molecular complexity index is 834. The lowest BCUT2D eigenvalue weighted by molar-refractivity contribution is -0.147. The minimum absolute atomic E-state index is 0.0444. The van der Waals surface area contributed by atoms with Crippen molar-refractivity contribution in [2.24, 2.45) is 23.7 Å². The van der Waals surface area contributed by atoms with Crippen LogP contribution in [0.2, 0.25) is 0 Å². The molecule has 0 aromatic heterocycles. The van der Waals surface area contributed by atoms with Gasteiger partial charge in [-0.3, -0.25) is 19.2 Å². The maximum Gasteiger partial charge on any atom is 0.305 e. The highest BCUT2D eigenvalue weighted by atomic mass is 16.5. The van der Waals surface area contributed by atoms with Gasteiger partial charge in [-0.1, -0.05) is 158 Å². The molecule has 0 saturated carbocycles. The first-order chi connectivity index (χ1) is 27.1. The van der Waals surface area contributed by atoms with E-state index in [2.05, 4.69) is 55.4 Å². The van der Waals surface area contributed by atoms with Crippen LogP contribution in [-0.4, -0.2) is 50.3 Å². The van der Waals surface area contributed by atoms with Gasteiger partial charge in [0.2, 0.25) is 0 Å². The molecule has 0 aliphatic carbocycles. The zero-order chi connectivity index (χ0) is 42.1. The van der Waals surface area contributed by atoms with Crippen molar-refractivity contribution in [1.82, 2.24) is 0 Å². The molecule has 4 atom stereocenters. The average molecular weight is 797 g/mol. The smallest absolute Gasteiger partial charge is 0.305 e. The van der Waals surface area contributed by atoms with Crippen molar-refractivity contribution in [1.29, 1.82) is 0 Å². The van der Waals surface area contributed by atoms with Gasteiger partial charge in [-0.15, -0.1) is 0 Å². The Labute approximate surface area is 346 Å². The van der Waals surface area contributed by atoms with Crippen molar-refractivity contribution in [3.63, 3.8) is 0 Å². The van der Waals surface area contributed by atoms with E-state index in [1.54, 1.807) is 0 Å². The maximum absolute atomic E-state index is 11.9. The highest BCUT2D eigenvalue weighted by molar-refractivity contribution is 5.71. The van der Waals surface area contributed by atoms with Crippen molar-refractivity contribution in [2.75, 3.05) is 26.4 Å². The van der Waals surface area contributed by atoms with Gasteiger partial charge in [0.05, 0.1) is 26.4 Å². The van der Waals surface area contributed by atoms with Gasteiger partial charge in [-0.25, -0.2) is 0 Å². The molecule has 8 nitrogen and oxygen atoms in total. The van der Waals surface area contributed by atoms with Crippen molar-refractivity contribution in [2.45, 2.75) is 235 Å². The van der Waals surface area contributed by atoms with Crippen LogP contribution >= 0.6 is 0 Å². The Morgan fingerprint density at radius 3 is 0.696 bits per heavy atom. The van der Waals surface area contributed by atoms with Crippen molar-refractivity contribution in [3.8, 4) is 0 Å². The molecule has 332 valence electrons.